The lowest BCUT2D eigenvalue weighted by Gasteiger charge is -2.29. The number of rotatable bonds is 7. The monoisotopic (exact) mass is 469 g/mol. The third kappa shape index (κ3) is 7.16. The molecule has 0 spiro atoms. The van der Waals surface area contributed by atoms with Gasteiger partial charge in [-0.3, -0.25) is 0 Å². The summed E-state index contributed by atoms with van der Waals surface area (Å²) in [7, 11) is -3.48. The quantitative estimate of drug-likeness (QED) is 0.566. The third-order valence-corrected chi connectivity index (χ3v) is 7.08. The first kappa shape index (κ1) is 22.9. The average Bonchev–Trinajstić information content (AvgIpc) is 2.70. The molecule has 0 aromatic heterocycles. The molecule has 0 heterocycles. The Balaban J connectivity index is 1.40. The molecule has 30 heavy (non-hydrogen) atoms. The van der Waals surface area contributed by atoms with Crippen LogP contribution in [-0.4, -0.2) is 26.5 Å². The molecule has 0 radical (unpaired) electrons. The van der Waals surface area contributed by atoms with E-state index in [9.17, 15) is 13.2 Å². The zero-order valence-electron chi connectivity index (χ0n) is 16.4. The number of halogens is 2. The molecule has 1 fully saturated rings. The Morgan fingerprint density at radius 1 is 0.933 bits per heavy atom. The molecule has 0 unspecified atom stereocenters. The van der Waals surface area contributed by atoms with Crippen molar-refractivity contribution in [2.24, 2.45) is 0 Å². The molecular weight excluding hydrogens is 445 g/mol. The van der Waals surface area contributed by atoms with E-state index in [-0.39, 0.29) is 23.9 Å². The number of hydrogen-bond acceptors (Lipinski definition) is 3. The summed E-state index contributed by atoms with van der Waals surface area (Å²) in [5.41, 5.74) is 1.55. The molecular formula is C21H25Cl2N3O3S. The van der Waals surface area contributed by atoms with Crippen molar-refractivity contribution in [1.29, 1.82) is 0 Å². The molecule has 2 amide bonds. The molecule has 1 aliphatic carbocycles. The molecule has 1 saturated carbocycles. The number of nitrogens with one attached hydrogen (secondary N) is 3. The second-order valence-electron chi connectivity index (χ2n) is 7.47. The highest BCUT2D eigenvalue weighted by atomic mass is 35.5. The largest absolute Gasteiger partial charge is 0.335 e. The van der Waals surface area contributed by atoms with E-state index in [1.807, 2.05) is 12.1 Å². The van der Waals surface area contributed by atoms with Crippen LogP contribution in [0, 0.1) is 0 Å². The molecule has 3 N–H and O–H groups in total. The first-order valence-corrected chi connectivity index (χ1v) is 12.2. The average molecular weight is 470 g/mol. The number of urea groups is 1. The number of carbonyl (C=O) groups is 1. The molecule has 162 valence electrons. The second-order valence-corrected chi connectivity index (χ2v) is 10.1. The molecule has 2 aromatic rings. The maximum atomic E-state index is 12.5. The van der Waals surface area contributed by atoms with Gasteiger partial charge in [0.05, 0.1) is 5.75 Å². The summed E-state index contributed by atoms with van der Waals surface area (Å²) in [6, 6.07) is 13.9. The van der Waals surface area contributed by atoms with Gasteiger partial charge in [-0.05, 0) is 55.0 Å². The Kier molecular flexibility index (Phi) is 7.99. The fourth-order valence-electron chi connectivity index (χ4n) is 3.49. The van der Waals surface area contributed by atoms with Gasteiger partial charge in [0.15, 0.2) is 0 Å². The normalized spacial score (nSPS) is 19.3. The first-order valence-electron chi connectivity index (χ1n) is 9.83. The molecule has 0 bridgehead atoms. The van der Waals surface area contributed by atoms with E-state index in [2.05, 4.69) is 15.4 Å². The molecule has 6 nitrogen and oxygen atoms in total. The van der Waals surface area contributed by atoms with Crippen LogP contribution in [0.4, 0.5) is 4.79 Å². The summed E-state index contributed by atoms with van der Waals surface area (Å²) in [4.78, 5) is 12.1. The van der Waals surface area contributed by atoms with Gasteiger partial charge < -0.3 is 10.6 Å². The van der Waals surface area contributed by atoms with E-state index < -0.39 is 10.0 Å². The van der Waals surface area contributed by atoms with Crippen molar-refractivity contribution in [2.75, 3.05) is 0 Å². The number of carbonyl (C=O) groups excluding carboxylic acids is 1. The Bertz CT molecular complexity index is 960. The van der Waals surface area contributed by atoms with Crippen LogP contribution >= 0.6 is 23.2 Å². The van der Waals surface area contributed by atoms with Crippen LogP contribution in [0.1, 0.15) is 36.8 Å². The highest BCUT2D eigenvalue weighted by molar-refractivity contribution is 7.88. The van der Waals surface area contributed by atoms with Crippen LogP contribution in [0.3, 0.4) is 0 Å². The van der Waals surface area contributed by atoms with E-state index in [0.717, 1.165) is 5.56 Å². The Labute approximate surface area is 187 Å². The maximum Gasteiger partial charge on any atom is 0.315 e. The zero-order chi connectivity index (χ0) is 21.6. The van der Waals surface area contributed by atoms with Gasteiger partial charge in [-0.15, -0.1) is 0 Å². The molecule has 9 heteroatoms. The lowest BCUT2D eigenvalue weighted by atomic mass is 9.92. The number of benzene rings is 2. The van der Waals surface area contributed by atoms with Crippen LogP contribution in [-0.2, 0) is 22.3 Å². The third-order valence-electron chi connectivity index (χ3n) is 5.08. The molecule has 3 rings (SSSR count). The minimum absolute atomic E-state index is 0.0274. The van der Waals surface area contributed by atoms with Crippen LogP contribution in [0.5, 0.6) is 0 Å². The summed E-state index contributed by atoms with van der Waals surface area (Å²) in [5, 5.41) is 6.89. The van der Waals surface area contributed by atoms with Crippen molar-refractivity contribution in [3.8, 4) is 0 Å². The van der Waals surface area contributed by atoms with E-state index in [4.69, 9.17) is 23.2 Å². The lowest BCUT2D eigenvalue weighted by Crippen LogP contribution is -2.46. The van der Waals surface area contributed by atoms with Gasteiger partial charge in [0, 0.05) is 28.7 Å². The van der Waals surface area contributed by atoms with Crippen molar-refractivity contribution >= 4 is 39.3 Å². The van der Waals surface area contributed by atoms with Crippen molar-refractivity contribution < 1.29 is 13.2 Å². The summed E-state index contributed by atoms with van der Waals surface area (Å²) in [6.07, 6.45) is 2.77. The van der Waals surface area contributed by atoms with Gasteiger partial charge in [0.25, 0.3) is 0 Å². The van der Waals surface area contributed by atoms with Gasteiger partial charge in [-0.25, -0.2) is 17.9 Å². The highest BCUT2D eigenvalue weighted by Crippen LogP contribution is 2.21. The summed E-state index contributed by atoms with van der Waals surface area (Å²) in [6.45, 7) is 0.417. The van der Waals surface area contributed by atoms with Gasteiger partial charge in [-0.1, -0.05) is 53.5 Å². The van der Waals surface area contributed by atoms with Gasteiger partial charge >= 0.3 is 6.03 Å². The molecule has 2 aromatic carbocycles. The van der Waals surface area contributed by atoms with Crippen molar-refractivity contribution in [2.45, 2.75) is 50.1 Å². The van der Waals surface area contributed by atoms with Crippen LogP contribution in [0.15, 0.2) is 48.5 Å². The minimum atomic E-state index is -3.48. The lowest BCUT2D eigenvalue weighted by molar-refractivity contribution is 0.230. The topological polar surface area (TPSA) is 87.3 Å². The van der Waals surface area contributed by atoms with Gasteiger partial charge in [0.1, 0.15) is 0 Å². The predicted molar refractivity (Wildman–Crippen MR) is 120 cm³/mol. The fourth-order valence-corrected chi connectivity index (χ4v) is 5.39. The predicted octanol–water partition coefficient (Wildman–Crippen LogP) is 4.22. The molecule has 0 saturated heterocycles. The molecule has 0 aliphatic heterocycles. The second kappa shape index (κ2) is 10.5. The Morgan fingerprint density at radius 2 is 1.57 bits per heavy atom. The van der Waals surface area contributed by atoms with E-state index in [1.165, 1.54) is 0 Å². The Morgan fingerprint density at radius 3 is 2.23 bits per heavy atom. The molecule has 1 aliphatic rings. The summed E-state index contributed by atoms with van der Waals surface area (Å²) >= 11 is 11.9. The minimum Gasteiger partial charge on any atom is -0.335 e. The summed E-state index contributed by atoms with van der Waals surface area (Å²) in [5.74, 6) is -0.141. The van der Waals surface area contributed by atoms with E-state index >= 15 is 0 Å². The van der Waals surface area contributed by atoms with Gasteiger partial charge in [0.2, 0.25) is 10.0 Å². The number of sulfonamides is 1. The van der Waals surface area contributed by atoms with Crippen molar-refractivity contribution in [3.05, 3.63) is 69.7 Å². The number of hydrogen-bond donors (Lipinski definition) is 3. The molecule has 0 atom stereocenters. The van der Waals surface area contributed by atoms with Crippen LogP contribution in [0.2, 0.25) is 10.0 Å². The van der Waals surface area contributed by atoms with Crippen molar-refractivity contribution in [1.82, 2.24) is 15.4 Å². The smallest absolute Gasteiger partial charge is 0.315 e. The first-order chi connectivity index (χ1) is 14.3. The highest BCUT2D eigenvalue weighted by Gasteiger charge is 2.26. The standard InChI is InChI=1S/C21H25Cl2N3O3S/c22-17-7-5-15(6-8-17)13-24-21(27)25-18-9-11-19(12-10-18)26-30(28,29)14-16-3-1-2-4-20(16)23/h1-8,18-19,26H,9-14H2,(H2,24,25,27). The maximum absolute atomic E-state index is 12.5. The number of amides is 2. The fraction of sp³-hybridized carbons (Fsp3) is 0.381. The SMILES string of the molecule is O=C(NCc1ccc(Cl)cc1)NC1CCC(NS(=O)(=O)Cc2ccccc2Cl)CC1. The van der Waals surface area contributed by atoms with Crippen LogP contribution < -0.4 is 15.4 Å². The Hall–Kier alpha value is -1.80. The zero-order valence-corrected chi connectivity index (χ0v) is 18.7. The summed E-state index contributed by atoms with van der Waals surface area (Å²) < 4.78 is 27.7. The van der Waals surface area contributed by atoms with Crippen molar-refractivity contribution in [3.63, 3.8) is 0 Å². The van der Waals surface area contributed by atoms with E-state index in [1.54, 1.807) is 36.4 Å². The van der Waals surface area contributed by atoms with Crippen LogP contribution in [0.25, 0.3) is 0 Å². The van der Waals surface area contributed by atoms with Gasteiger partial charge in [-0.2, -0.15) is 0 Å². The van der Waals surface area contributed by atoms with E-state index in [0.29, 0.717) is 47.8 Å².